The van der Waals surface area contributed by atoms with E-state index < -0.39 is 4.92 Å². The summed E-state index contributed by atoms with van der Waals surface area (Å²) in [6.45, 7) is 3.70. The van der Waals surface area contributed by atoms with Crippen molar-refractivity contribution in [2.45, 2.75) is 20.4 Å². The fourth-order valence-electron chi connectivity index (χ4n) is 4.04. The van der Waals surface area contributed by atoms with Crippen LogP contribution in [0.4, 0.5) is 10.5 Å². The fourth-order valence-corrected chi connectivity index (χ4v) is 4.86. The number of rotatable bonds is 5. The number of fused-ring (bicyclic) bond motifs is 1. The van der Waals surface area contributed by atoms with Gasteiger partial charge in [-0.1, -0.05) is 36.4 Å². The molecule has 0 radical (unpaired) electrons. The van der Waals surface area contributed by atoms with Gasteiger partial charge in [0, 0.05) is 23.3 Å². The predicted molar refractivity (Wildman–Crippen MR) is 136 cm³/mol. The molecule has 1 aliphatic heterocycles. The highest BCUT2D eigenvalue weighted by Gasteiger charge is 2.35. The number of nitrogens with zero attached hydrogens (tertiary/aromatic N) is 2. The van der Waals surface area contributed by atoms with Gasteiger partial charge in [0.25, 0.3) is 16.8 Å². The number of hydrogen-bond acceptors (Lipinski definition) is 6. The van der Waals surface area contributed by atoms with Crippen LogP contribution in [0, 0.1) is 24.0 Å². The van der Waals surface area contributed by atoms with Crippen molar-refractivity contribution in [3.8, 4) is 11.3 Å². The number of carbonyl (C=O) groups is 2. The summed E-state index contributed by atoms with van der Waals surface area (Å²) in [5, 5.41) is 13.2. The molecule has 2 heterocycles. The Morgan fingerprint density at radius 2 is 1.77 bits per heavy atom. The maximum Gasteiger partial charge on any atom is 0.293 e. The second-order valence-corrected chi connectivity index (χ2v) is 9.34. The molecule has 1 aromatic heterocycles. The second kappa shape index (κ2) is 8.88. The zero-order valence-corrected chi connectivity index (χ0v) is 19.8. The van der Waals surface area contributed by atoms with Gasteiger partial charge in [-0.3, -0.25) is 24.6 Å². The lowest BCUT2D eigenvalue weighted by molar-refractivity contribution is -0.385. The minimum absolute atomic E-state index is 0.0211. The lowest BCUT2D eigenvalue weighted by Gasteiger charge is -2.13. The highest BCUT2D eigenvalue weighted by atomic mass is 32.2. The van der Waals surface area contributed by atoms with Gasteiger partial charge in [-0.25, -0.2) is 0 Å². The number of nitro benzene ring substituents is 1. The molecule has 0 N–H and O–H groups in total. The van der Waals surface area contributed by atoms with E-state index in [0.29, 0.717) is 22.6 Å². The maximum atomic E-state index is 13.0. The number of imide groups is 1. The van der Waals surface area contributed by atoms with E-state index in [9.17, 15) is 19.7 Å². The Morgan fingerprint density at radius 3 is 2.54 bits per heavy atom. The standard InChI is InChI=1S/C27H20N2O5S/c1-16-11-21(13-23(17(16)2)29(32)33)24-10-9-22(34-24)14-25-26(30)28(27(31)35-25)15-18-7-8-19-5-3-4-6-20(19)12-18/h3-14H,15H2,1-2H3/b25-14-. The Balaban J connectivity index is 1.38. The summed E-state index contributed by atoms with van der Waals surface area (Å²) in [6.07, 6.45) is 1.53. The first-order valence-electron chi connectivity index (χ1n) is 10.9. The molecule has 35 heavy (non-hydrogen) atoms. The number of carbonyl (C=O) groups excluding carboxylic acids is 2. The summed E-state index contributed by atoms with van der Waals surface area (Å²) in [6, 6.07) is 20.4. The monoisotopic (exact) mass is 484 g/mol. The molecule has 0 atom stereocenters. The first-order chi connectivity index (χ1) is 16.8. The zero-order chi connectivity index (χ0) is 24.7. The van der Waals surface area contributed by atoms with Gasteiger partial charge in [0.15, 0.2) is 0 Å². The van der Waals surface area contributed by atoms with Gasteiger partial charge < -0.3 is 4.42 Å². The van der Waals surface area contributed by atoms with Crippen LogP contribution in [0.15, 0.2) is 76.1 Å². The molecule has 1 aliphatic rings. The van der Waals surface area contributed by atoms with Crippen molar-refractivity contribution in [3.63, 3.8) is 0 Å². The molecule has 8 heteroatoms. The van der Waals surface area contributed by atoms with Crippen LogP contribution in [0.2, 0.25) is 0 Å². The van der Waals surface area contributed by atoms with E-state index in [1.807, 2.05) is 48.5 Å². The number of thioether (sulfide) groups is 1. The molecular weight excluding hydrogens is 464 g/mol. The molecule has 2 amide bonds. The van der Waals surface area contributed by atoms with Gasteiger partial charge >= 0.3 is 0 Å². The highest BCUT2D eigenvalue weighted by molar-refractivity contribution is 8.18. The number of nitro groups is 1. The van der Waals surface area contributed by atoms with Crippen LogP contribution in [0.3, 0.4) is 0 Å². The normalized spacial score (nSPS) is 14.9. The van der Waals surface area contributed by atoms with Gasteiger partial charge in [-0.05, 0) is 71.8 Å². The first kappa shape index (κ1) is 22.6. The number of furan rings is 1. The van der Waals surface area contributed by atoms with Crippen molar-refractivity contribution in [2.75, 3.05) is 0 Å². The quantitative estimate of drug-likeness (QED) is 0.174. The largest absolute Gasteiger partial charge is 0.457 e. The summed E-state index contributed by atoms with van der Waals surface area (Å²) >= 11 is 0.865. The number of benzene rings is 3. The van der Waals surface area contributed by atoms with E-state index in [1.54, 1.807) is 26.0 Å². The summed E-state index contributed by atoms with van der Waals surface area (Å²) < 4.78 is 5.85. The lowest BCUT2D eigenvalue weighted by Crippen LogP contribution is -2.27. The minimum atomic E-state index is -0.415. The third kappa shape index (κ3) is 4.36. The Kier molecular flexibility index (Phi) is 5.74. The van der Waals surface area contributed by atoms with Crippen LogP contribution in [0.1, 0.15) is 22.5 Å². The van der Waals surface area contributed by atoms with Crippen molar-refractivity contribution in [1.29, 1.82) is 0 Å². The summed E-state index contributed by atoms with van der Waals surface area (Å²) in [4.78, 5) is 38.0. The van der Waals surface area contributed by atoms with Crippen molar-refractivity contribution < 1.29 is 18.9 Å². The smallest absolute Gasteiger partial charge is 0.293 e. The van der Waals surface area contributed by atoms with E-state index in [0.717, 1.165) is 33.7 Å². The van der Waals surface area contributed by atoms with Crippen LogP contribution in [-0.2, 0) is 11.3 Å². The van der Waals surface area contributed by atoms with Crippen molar-refractivity contribution in [1.82, 2.24) is 4.90 Å². The second-order valence-electron chi connectivity index (χ2n) is 8.35. The maximum absolute atomic E-state index is 13.0. The topological polar surface area (TPSA) is 93.7 Å². The van der Waals surface area contributed by atoms with Crippen molar-refractivity contribution in [2.24, 2.45) is 0 Å². The summed E-state index contributed by atoms with van der Waals surface area (Å²) in [7, 11) is 0. The molecule has 0 aliphatic carbocycles. The van der Waals surface area contributed by atoms with Gasteiger partial charge in [0.2, 0.25) is 0 Å². The average molecular weight is 485 g/mol. The third-order valence-electron chi connectivity index (χ3n) is 6.05. The highest BCUT2D eigenvalue weighted by Crippen LogP contribution is 2.35. The Morgan fingerprint density at radius 1 is 1.00 bits per heavy atom. The van der Waals surface area contributed by atoms with Gasteiger partial charge in [-0.15, -0.1) is 0 Å². The van der Waals surface area contributed by atoms with Crippen LogP contribution < -0.4 is 0 Å². The molecule has 0 saturated carbocycles. The molecule has 3 aromatic carbocycles. The summed E-state index contributed by atoms with van der Waals surface area (Å²) in [5.41, 5.74) is 2.84. The summed E-state index contributed by atoms with van der Waals surface area (Å²) in [5.74, 6) is 0.447. The van der Waals surface area contributed by atoms with E-state index in [4.69, 9.17) is 4.42 Å². The van der Waals surface area contributed by atoms with E-state index >= 15 is 0 Å². The van der Waals surface area contributed by atoms with Gasteiger partial charge in [0.1, 0.15) is 11.5 Å². The van der Waals surface area contributed by atoms with Crippen LogP contribution in [0.25, 0.3) is 28.2 Å². The van der Waals surface area contributed by atoms with Crippen molar-refractivity contribution in [3.05, 3.63) is 104 Å². The third-order valence-corrected chi connectivity index (χ3v) is 6.96. The van der Waals surface area contributed by atoms with Crippen LogP contribution >= 0.6 is 11.8 Å². The van der Waals surface area contributed by atoms with Gasteiger partial charge in [0.05, 0.1) is 16.4 Å². The molecule has 5 rings (SSSR count). The molecule has 1 saturated heterocycles. The van der Waals surface area contributed by atoms with Crippen molar-refractivity contribution >= 4 is 45.4 Å². The predicted octanol–water partition coefficient (Wildman–Crippen LogP) is 6.86. The lowest BCUT2D eigenvalue weighted by atomic mass is 10.0. The van der Waals surface area contributed by atoms with E-state index in [-0.39, 0.29) is 28.3 Å². The Hall–Kier alpha value is -4.17. The Labute approximate surface area is 205 Å². The number of hydrogen-bond donors (Lipinski definition) is 0. The van der Waals surface area contributed by atoms with E-state index in [2.05, 4.69) is 0 Å². The molecule has 0 unspecified atom stereocenters. The average Bonchev–Trinajstić information content (AvgIpc) is 3.41. The minimum Gasteiger partial charge on any atom is -0.457 e. The molecule has 1 fully saturated rings. The SMILES string of the molecule is Cc1cc(-c2ccc(/C=C3\SC(=O)N(Cc4ccc5ccccc5c4)C3=O)o2)cc([N+](=O)[O-])c1C. The number of amides is 2. The first-order valence-corrected chi connectivity index (χ1v) is 11.7. The molecule has 174 valence electrons. The Bertz CT molecular complexity index is 1550. The fraction of sp³-hybridized carbons (Fsp3) is 0.111. The molecule has 7 nitrogen and oxygen atoms in total. The van der Waals surface area contributed by atoms with Crippen LogP contribution in [0.5, 0.6) is 0 Å². The van der Waals surface area contributed by atoms with E-state index in [1.165, 1.54) is 17.0 Å². The van der Waals surface area contributed by atoms with Crippen LogP contribution in [-0.4, -0.2) is 21.0 Å². The van der Waals surface area contributed by atoms with Gasteiger partial charge in [-0.2, -0.15) is 0 Å². The molecule has 4 aromatic rings. The number of aryl methyl sites for hydroxylation is 1. The molecule has 0 spiro atoms. The molecular formula is C27H20N2O5S. The molecule has 0 bridgehead atoms. The zero-order valence-electron chi connectivity index (χ0n) is 19.0.